The maximum Gasteiger partial charge on any atom is 0.244 e. The van der Waals surface area contributed by atoms with Crippen LogP contribution in [0.15, 0.2) is 53.0 Å². The first-order chi connectivity index (χ1) is 13.6. The van der Waals surface area contributed by atoms with E-state index in [0.717, 1.165) is 48.1 Å². The topological polar surface area (TPSA) is 52.7 Å². The fourth-order valence-electron chi connectivity index (χ4n) is 4.14. The third-order valence-electron chi connectivity index (χ3n) is 5.49. The second-order valence-corrected chi connectivity index (χ2v) is 8.33. The van der Waals surface area contributed by atoms with E-state index in [0.29, 0.717) is 6.54 Å². The van der Waals surface area contributed by atoms with Gasteiger partial charge in [0.2, 0.25) is 11.8 Å². The summed E-state index contributed by atoms with van der Waals surface area (Å²) in [4.78, 5) is 30.0. The highest BCUT2D eigenvalue weighted by atomic mass is 79.9. The first-order valence-corrected chi connectivity index (χ1v) is 10.6. The lowest BCUT2D eigenvalue weighted by atomic mass is 9.91. The van der Waals surface area contributed by atoms with Gasteiger partial charge in [-0.15, -0.1) is 0 Å². The summed E-state index contributed by atoms with van der Waals surface area (Å²) in [6.45, 7) is 2.53. The highest BCUT2D eigenvalue weighted by molar-refractivity contribution is 9.10. The minimum Gasteiger partial charge on any atom is -0.341 e. The van der Waals surface area contributed by atoms with Crippen LogP contribution in [0, 0.1) is 0 Å². The minimum absolute atomic E-state index is 0.100. The number of carbonyl (C=O) groups is 2. The normalized spacial score (nSPS) is 19.3. The van der Waals surface area contributed by atoms with Crippen LogP contribution in [0.4, 0.5) is 5.69 Å². The number of nitrogens with one attached hydrogen (secondary N) is 1. The zero-order valence-electron chi connectivity index (χ0n) is 15.7. The van der Waals surface area contributed by atoms with Gasteiger partial charge in [0.15, 0.2) is 0 Å². The highest BCUT2D eigenvalue weighted by Gasteiger charge is 2.37. The summed E-state index contributed by atoms with van der Waals surface area (Å²) in [5.74, 6) is 0.0246. The number of amides is 2. The van der Waals surface area contributed by atoms with Gasteiger partial charge in [-0.3, -0.25) is 14.5 Å². The number of hydrogen-bond donors (Lipinski definition) is 1. The number of likely N-dealkylation sites (tertiary alicyclic amines) is 1. The van der Waals surface area contributed by atoms with Crippen LogP contribution < -0.4 is 5.32 Å². The molecule has 2 aromatic rings. The molecule has 2 aliphatic rings. The van der Waals surface area contributed by atoms with Gasteiger partial charge in [-0.25, -0.2) is 0 Å². The van der Waals surface area contributed by atoms with E-state index in [9.17, 15) is 9.59 Å². The summed E-state index contributed by atoms with van der Waals surface area (Å²) in [6, 6.07) is 15.3. The average Bonchev–Trinajstić information content (AvgIpc) is 3.22. The number of benzene rings is 2. The zero-order valence-corrected chi connectivity index (χ0v) is 17.3. The first-order valence-electron chi connectivity index (χ1n) is 9.78. The van der Waals surface area contributed by atoms with E-state index in [1.165, 1.54) is 5.56 Å². The van der Waals surface area contributed by atoms with Gasteiger partial charge in [0.25, 0.3) is 0 Å². The summed E-state index contributed by atoms with van der Waals surface area (Å²) < 4.78 is 0.916. The summed E-state index contributed by atoms with van der Waals surface area (Å²) in [7, 11) is 0. The monoisotopic (exact) mass is 441 g/mol. The number of anilines is 1. The molecule has 0 aliphatic carbocycles. The van der Waals surface area contributed by atoms with E-state index >= 15 is 0 Å². The van der Waals surface area contributed by atoms with Crippen LogP contribution in [-0.2, 0) is 16.0 Å². The van der Waals surface area contributed by atoms with Gasteiger partial charge in [0.1, 0.15) is 6.04 Å². The van der Waals surface area contributed by atoms with Crippen molar-refractivity contribution in [1.29, 1.82) is 0 Å². The Labute approximate surface area is 173 Å². The Balaban J connectivity index is 1.54. The van der Waals surface area contributed by atoms with E-state index in [1.807, 2.05) is 52.3 Å². The van der Waals surface area contributed by atoms with E-state index in [2.05, 4.69) is 27.3 Å². The summed E-state index contributed by atoms with van der Waals surface area (Å²) >= 11 is 3.42. The molecule has 2 amide bonds. The van der Waals surface area contributed by atoms with Crippen molar-refractivity contribution in [3.8, 4) is 0 Å². The molecule has 0 bridgehead atoms. The number of fused-ring (bicyclic) bond motifs is 1. The molecule has 4 rings (SSSR count). The quantitative estimate of drug-likeness (QED) is 0.788. The fraction of sp³-hybridized carbons (Fsp3) is 0.364. The molecule has 1 N–H and O–H groups in total. The van der Waals surface area contributed by atoms with Crippen LogP contribution in [0.2, 0.25) is 0 Å². The lowest BCUT2D eigenvalue weighted by Crippen LogP contribution is -2.47. The zero-order chi connectivity index (χ0) is 19.5. The molecule has 1 atom stereocenters. The van der Waals surface area contributed by atoms with Crippen molar-refractivity contribution in [2.75, 3.05) is 31.5 Å². The van der Waals surface area contributed by atoms with Gasteiger partial charge in [-0.2, -0.15) is 0 Å². The summed E-state index contributed by atoms with van der Waals surface area (Å²) in [5, 5.41) is 2.95. The molecule has 1 saturated heterocycles. The lowest BCUT2D eigenvalue weighted by Gasteiger charge is -2.37. The lowest BCUT2D eigenvalue weighted by molar-refractivity contribution is -0.137. The number of halogens is 1. The van der Waals surface area contributed by atoms with E-state index in [1.54, 1.807) is 0 Å². The second kappa shape index (κ2) is 8.45. The van der Waals surface area contributed by atoms with Gasteiger partial charge in [-0.1, -0.05) is 46.3 Å². The van der Waals surface area contributed by atoms with Crippen LogP contribution in [-0.4, -0.2) is 47.8 Å². The Morgan fingerprint density at radius 2 is 1.82 bits per heavy atom. The van der Waals surface area contributed by atoms with Gasteiger partial charge >= 0.3 is 0 Å². The molecule has 1 fully saturated rings. The summed E-state index contributed by atoms with van der Waals surface area (Å²) in [6.07, 6.45) is 2.97. The van der Waals surface area contributed by atoms with Crippen molar-refractivity contribution in [1.82, 2.24) is 9.80 Å². The second-order valence-electron chi connectivity index (χ2n) is 7.41. The van der Waals surface area contributed by atoms with Gasteiger partial charge in [-0.05, 0) is 48.6 Å². The maximum atomic E-state index is 13.3. The van der Waals surface area contributed by atoms with Gasteiger partial charge < -0.3 is 10.2 Å². The van der Waals surface area contributed by atoms with Crippen molar-refractivity contribution >= 4 is 33.4 Å². The van der Waals surface area contributed by atoms with Crippen molar-refractivity contribution in [3.05, 3.63) is 64.1 Å². The Bertz CT molecular complexity index is 880. The fourth-order valence-corrected chi connectivity index (χ4v) is 4.54. The molecule has 0 unspecified atom stereocenters. The molecule has 2 aromatic carbocycles. The molecule has 0 radical (unpaired) electrons. The van der Waals surface area contributed by atoms with Crippen LogP contribution in [0.1, 0.15) is 30.0 Å². The smallest absolute Gasteiger partial charge is 0.244 e. The molecule has 2 heterocycles. The van der Waals surface area contributed by atoms with Crippen molar-refractivity contribution < 1.29 is 9.59 Å². The number of hydrogen-bond acceptors (Lipinski definition) is 3. The SMILES string of the molecule is O=C(CN1CCc2ccccc2[C@H]1C(=O)N1CCCC1)Nc1cccc(Br)c1. The van der Waals surface area contributed by atoms with Crippen molar-refractivity contribution in [3.63, 3.8) is 0 Å². The van der Waals surface area contributed by atoms with Crippen LogP contribution >= 0.6 is 15.9 Å². The predicted molar refractivity (Wildman–Crippen MR) is 113 cm³/mol. The number of carbonyl (C=O) groups excluding carboxylic acids is 2. The molecule has 28 heavy (non-hydrogen) atoms. The molecule has 5 nitrogen and oxygen atoms in total. The Kier molecular flexibility index (Phi) is 5.78. The van der Waals surface area contributed by atoms with E-state index in [-0.39, 0.29) is 24.4 Å². The first kappa shape index (κ1) is 19.2. The van der Waals surface area contributed by atoms with Crippen LogP contribution in [0.3, 0.4) is 0 Å². The Morgan fingerprint density at radius 1 is 1.04 bits per heavy atom. The predicted octanol–water partition coefficient (Wildman–Crippen LogP) is 3.61. The Hall–Kier alpha value is -2.18. The van der Waals surface area contributed by atoms with Crippen molar-refractivity contribution in [2.45, 2.75) is 25.3 Å². The van der Waals surface area contributed by atoms with Crippen LogP contribution in [0.25, 0.3) is 0 Å². The van der Waals surface area contributed by atoms with E-state index in [4.69, 9.17) is 0 Å². The molecular formula is C22H24BrN3O2. The number of rotatable bonds is 4. The highest BCUT2D eigenvalue weighted by Crippen LogP contribution is 2.32. The molecule has 0 spiro atoms. The van der Waals surface area contributed by atoms with E-state index < -0.39 is 0 Å². The van der Waals surface area contributed by atoms with Gasteiger partial charge in [0.05, 0.1) is 6.54 Å². The van der Waals surface area contributed by atoms with Gasteiger partial charge in [0, 0.05) is 29.8 Å². The third kappa shape index (κ3) is 4.13. The molecule has 0 aromatic heterocycles. The molecule has 6 heteroatoms. The average molecular weight is 442 g/mol. The largest absolute Gasteiger partial charge is 0.341 e. The Morgan fingerprint density at radius 3 is 2.61 bits per heavy atom. The molecular weight excluding hydrogens is 418 g/mol. The summed E-state index contributed by atoms with van der Waals surface area (Å²) in [5.41, 5.74) is 3.00. The maximum absolute atomic E-state index is 13.3. The van der Waals surface area contributed by atoms with Crippen molar-refractivity contribution in [2.24, 2.45) is 0 Å². The van der Waals surface area contributed by atoms with Crippen LogP contribution in [0.5, 0.6) is 0 Å². The minimum atomic E-state index is -0.378. The molecule has 0 saturated carbocycles. The standard InChI is InChI=1S/C22H24BrN3O2/c23-17-7-5-8-18(14-17)24-20(27)15-26-13-10-16-6-1-2-9-19(16)21(26)22(28)25-11-3-4-12-25/h1-2,5-9,14,21H,3-4,10-13,15H2,(H,24,27)/t21-/m0/s1. The third-order valence-corrected chi connectivity index (χ3v) is 5.98. The molecule has 2 aliphatic heterocycles. The molecule has 146 valence electrons. The number of nitrogens with zero attached hydrogens (tertiary/aromatic N) is 2.